The molecule has 0 aromatic heterocycles. The van der Waals surface area contributed by atoms with E-state index in [0.717, 1.165) is 31.2 Å². The zero-order chi connectivity index (χ0) is 14.9. The van der Waals surface area contributed by atoms with E-state index in [1.54, 1.807) is 0 Å². The maximum Gasteiger partial charge on any atom is 0.0491 e. The van der Waals surface area contributed by atoms with Gasteiger partial charge in [0, 0.05) is 21.0 Å². The van der Waals surface area contributed by atoms with Crippen LogP contribution >= 0.6 is 31.9 Å². The first-order valence-electron chi connectivity index (χ1n) is 6.43. The van der Waals surface area contributed by atoms with Crippen LogP contribution in [0.4, 0.5) is 0 Å². The SMILES string of the molecule is Cc1cc(C(N)C(N)c2ccc(Br)c(C)c2)ccc1Br. The second-order valence-corrected chi connectivity index (χ2v) is 6.78. The minimum atomic E-state index is -0.220. The first-order valence-corrected chi connectivity index (χ1v) is 8.02. The van der Waals surface area contributed by atoms with Crippen molar-refractivity contribution in [2.24, 2.45) is 11.5 Å². The highest BCUT2D eigenvalue weighted by Crippen LogP contribution is 2.29. The molecule has 0 heterocycles. The molecule has 2 aromatic rings. The summed E-state index contributed by atoms with van der Waals surface area (Å²) in [6.07, 6.45) is 0. The highest BCUT2D eigenvalue weighted by Gasteiger charge is 2.18. The van der Waals surface area contributed by atoms with Crippen molar-refractivity contribution in [2.45, 2.75) is 25.9 Å². The molecule has 0 aliphatic carbocycles. The molecule has 106 valence electrons. The molecule has 2 unspecified atom stereocenters. The standard InChI is InChI=1S/C16H18Br2N2/c1-9-7-11(3-5-13(9)17)15(19)16(20)12-4-6-14(18)10(2)8-12/h3-8,15-16H,19-20H2,1-2H3. The van der Waals surface area contributed by atoms with Gasteiger partial charge in [-0.15, -0.1) is 0 Å². The Morgan fingerprint density at radius 2 is 1.10 bits per heavy atom. The molecule has 2 nitrogen and oxygen atoms in total. The Bertz CT molecular complexity index is 570. The van der Waals surface area contributed by atoms with E-state index in [4.69, 9.17) is 11.5 Å². The van der Waals surface area contributed by atoms with Crippen molar-refractivity contribution >= 4 is 31.9 Å². The van der Waals surface area contributed by atoms with Crippen LogP contribution in [0.1, 0.15) is 34.3 Å². The Balaban J connectivity index is 2.29. The summed E-state index contributed by atoms with van der Waals surface area (Å²) in [4.78, 5) is 0. The molecule has 2 rings (SSSR count). The smallest absolute Gasteiger partial charge is 0.0491 e. The predicted octanol–water partition coefficient (Wildman–Crippen LogP) is 4.53. The van der Waals surface area contributed by atoms with Gasteiger partial charge in [-0.1, -0.05) is 56.1 Å². The average molecular weight is 398 g/mol. The van der Waals surface area contributed by atoms with Gasteiger partial charge in [0.05, 0.1) is 0 Å². The highest BCUT2D eigenvalue weighted by molar-refractivity contribution is 9.10. The Labute approximate surface area is 136 Å². The van der Waals surface area contributed by atoms with Gasteiger partial charge in [-0.25, -0.2) is 0 Å². The number of rotatable bonds is 3. The van der Waals surface area contributed by atoms with Crippen molar-refractivity contribution in [3.63, 3.8) is 0 Å². The normalized spacial score (nSPS) is 14.1. The molecule has 0 aliphatic heterocycles. The summed E-state index contributed by atoms with van der Waals surface area (Å²) in [5.74, 6) is 0. The maximum absolute atomic E-state index is 6.33. The number of nitrogens with two attached hydrogens (primary N) is 2. The fraction of sp³-hybridized carbons (Fsp3) is 0.250. The molecule has 0 bridgehead atoms. The Kier molecular flexibility index (Phi) is 5.02. The molecule has 2 atom stereocenters. The van der Waals surface area contributed by atoms with Gasteiger partial charge in [-0.05, 0) is 48.2 Å². The van der Waals surface area contributed by atoms with Crippen LogP contribution in [0.5, 0.6) is 0 Å². The van der Waals surface area contributed by atoms with Gasteiger partial charge < -0.3 is 11.5 Å². The van der Waals surface area contributed by atoms with E-state index in [1.807, 2.05) is 24.3 Å². The fourth-order valence-corrected chi connectivity index (χ4v) is 2.66. The summed E-state index contributed by atoms with van der Waals surface area (Å²) in [5, 5.41) is 0. The van der Waals surface area contributed by atoms with Crippen LogP contribution in [-0.4, -0.2) is 0 Å². The lowest BCUT2D eigenvalue weighted by Gasteiger charge is -2.22. The van der Waals surface area contributed by atoms with Gasteiger partial charge in [0.25, 0.3) is 0 Å². The van der Waals surface area contributed by atoms with Crippen molar-refractivity contribution in [3.05, 3.63) is 67.6 Å². The first kappa shape index (κ1) is 15.7. The minimum Gasteiger partial charge on any atom is -0.322 e. The summed E-state index contributed by atoms with van der Waals surface area (Å²) < 4.78 is 2.17. The van der Waals surface area contributed by atoms with Crippen molar-refractivity contribution < 1.29 is 0 Å². The van der Waals surface area contributed by atoms with Crippen molar-refractivity contribution in [3.8, 4) is 0 Å². The van der Waals surface area contributed by atoms with Crippen LogP contribution in [0, 0.1) is 13.8 Å². The van der Waals surface area contributed by atoms with Crippen molar-refractivity contribution in [1.29, 1.82) is 0 Å². The zero-order valence-electron chi connectivity index (χ0n) is 11.5. The molecule has 0 amide bonds. The molecule has 4 N–H and O–H groups in total. The van der Waals surface area contributed by atoms with Crippen LogP contribution in [-0.2, 0) is 0 Å². The van der Waals surface area contributed by atoms with Gasteiger partial charge in [-0.2, -0.15) is 0 Å². The highest BCUT2D eigenvalue weighted by atomic mass is 79.9. The molecular formula is C16H18Br2N2. The average Bonchev–Trinajstić information content (AvgIpc) is 2.43. The second-order valence-electron chi connectivity index (χ2n) is 5.07. The van der Waals surface area contributed by atoms with Gasteiger partial charge in [0.2, 0.25) is 0 Å². The fourth-order valence-electron chi connectivity index (χ4n) is 2.17. The first-order chi connectivity index (χ1) is 9.40. The third-order valence-corrected chi connectivity index (χ3v) is 5.30. The lowest BCUT2D eigenvalue weighted by molar-refractivity contribution is 0.573. The predicted molar refractivity (Wildman–Crippen MR) is 91.6 cm³/mol. The van der Waals surface area contributed by atoms with Crippen molar-refractivity contribution in [1.82, 2.24) is 0 Å². The molecule has 0 saturated heterocycles. The van der Waals surface area contributed by atoms with Crippen LogP contribution in [0.15, 0.2) is 45.3 Å². The van der Waals surface area contributed by atoms with Gasteiger partial charge >= 0.3 is 0 Å². The van der Waals surface area contributed by atoms with Crippen LogP contribution in [0.3, 0.4) is 0 Å². The lowest BCUT2D eigenvalue weighted by atomic mass is 9.93. The van der Waals surface area contributed by atoms with Crippen LogP contribution < -0.4 is 11.5 Å². The number of hydrogen-bond donors (Lipinski definition) is 2. The lowest BCUT2D eigenvalue weighted by Crippen LogP contribution is -2.26. The molecule has 0 aliphatic rings. The Morgan fingerprint density at radius 1 is 0.750 bits per heavy atom. The van der Waals surface area contributed by atoms with Gasteiger partial charge in [0.1, 0.15) is 0 Å². The molecular weight excluding hydrogens is 380 g/mol. The number of aryl methyl sites for hydroxylation is 2. The van der Waals surface area contributed by atoms with E-state index in [-0.39, 0.29) is 12.1 Å². The molecule has 20 heavy (non-hydrogen) atoms. The summed E-state index contributed by atoms with van der Waals surface area (Å²) in [7, 11) is 0. The molecule has 0 saturated carbocycles. The maximum atomic E-state index is 6.33. The van der Waals surface area contributed by atoms with Crippen molar-refractivity contribution in [2.75, 3.05) is 0 Å². The van der Waals surface area contributed by atoms with Gasteiger partial charge in [0.15, 0.2) is 0 Å². The molecule has 4 heteroatoms. The third-order valence-electron chi connectivity index (χ3n) is 3.52. The summed E-state index contributed by atoms with van der Waals surface area (Å²) in [6, 6.07) is 11.8. The molecule has 0 spiro atoms. The number of halogens is 2. The van der Waals surface area contributed by atoms with Gasteiger partial charge in [-0.3, -0.25) is 0 Å². The summed E-state index contributed by atoms with van der Waals surface area (Å²) in [6.45, 7) is 4.10. The van der Waals surface area contributed by atoms with E-state index in [0.29, 0.717) is 0 Å². The minimum absolute atomic E-state index is 0.220. The largest absolute Gasteiger partial charge is 0.322 e. The second kappa shape index (κ2) is 6.39. The summed E-state index contributed by atoms with van der Waals surface area (Å²) >= 11 is 7.00. The Morgan fingerprint density at radius 3 is 1.40 bits per heavy atom. The third kappa shape index (κ3) is 3.31. The molecule has 0 radical (unpaired) electrons. The van der Waals surface area contributed by atoms with E-state index in [2.05, 4.69) is 57.8 Å². The number of benzene rings is 2. The Hall–Kier alpha value is -0.680. The van der Waals surface area contributed by atoms with E-state index < -0.39 is 0 Å². The molecule has 2 aromatic carbocycles. The van der Waals surface area contributed by atoms with E-state index in [1.165, 1.54) is 0 Å². The van der Waals surface area contributed by atoms with E-state index in [9.17, 15) is 0 Å². The van der Waals surface area contributed by atoms with E-state index >= 15 is 0 Å². The quantitative estimate of drug-likeness (QED) is 0.799. The van der Waals surface area contributed by atoms with Crippen LogP contribution in [0.2, 0.25) is 0 Å². The number of hydrogen-bond acceptors (Lipinski definition) is 2. The molecule has 0 fully saturated rings. The topological polar surface area (TPSA) is 52.0 Å². The zero-order valence-corrected chi connectivity index (χ0v) is 14.7. The van der Waals surface area contributed by atoms with Crippen LogP contribution in [0.25, 0.3) is 0 Å². The monoisotopic (exact) mass is 396 g/mol. The summed E-state index contributed by atoms with van der Waals surface area (Å²) in [5.41, 5.74) is 17.1.